The van der Waals surface area contributed by atoms with E-state index >= 15 is 0 Å². The van der Waals surface area contributed by atoms with Crippen molar-refractivity contribution in [1.29, 1.82) is 0 Å². The normalized spacial score (nSPS) is 13.6. The Hall–Kier alpha value is -1.16. The molecule has 3 rings (SSSR count). The molecule has 18 heavy (non-hydrogen) atoms. The minimum Gasteiger partial charge on any atom is -0.312 e. The van der Waals surface area contributed by atoms with Crippen molar-refractivity contribution in [1.82, 2.24) is 15.3 Å². The van der Waals surface area contributed by atoms with Gasteiger partial charge >= 0.3 is 0 Å². The van der Waals surface area contributed by atoms with Gasteiger partial charge in [-0.3, -0.25) is 0 Å². The number of aromatic nitrogens is 2. The molecule has 0 saturated heterocycles. The molecule has 0 spiro atoms. The van der Waals surface area contributed by atoms with Gasteiger partial charge in [0.15, 0.2) is 5.82 Å². The molecule has 0 aliphatic carbocycles. The second kappa shape index (κ2) is 5.65. The lowest BCUT2D eigenvalue weighted by Gasteiger charge is -2.16. The molecule has 5 heteroatoms. The van der Waals surface area contributed by atoms with Crippen LogP contribution in [0.2, 0.25) is 5.02 Å². The molecule has 1 aromatic heterocycles. The van der Waals surface area contributed by atoms with Crippen LogP contribution in [0, 0.1) is 0 Å². The molecule has 0 atom stereocenters. The second-order valence-corrected chi connectivity index (χ2v) is 4.54. The van der Waals surface area contributed by atoms with E-state index in [0.29, 0.717) is 0 Å². The fraction of sp³-hybridized carbons (Fsp3) is 0.231. The molecule has 1 N–H and O–H groups in total. The van der Waals surface area contributed by atoms with E-state index < -0.39 is 0 Å². The van der Waals surface area contributed by atoms with Crippen LogP contribution < -0.4 is 5.32 Å². The molecule has 0 saturated carbocycles. The molecule has 0 bridgehead atoms. The van der Waals surface area contributed by atoms with Crippen LogP contribution in [-0.4, -0.2) is 16.5 Å². The Bertz CT molecular complexity index is 540. The number of rotatable bonds is 1. The fourth-order valence-corrected chi connectivity index (χ4v) is 2.10. The molecule has 1 aromatic carbocycles. The highest BCUT2D eigenvalue weighted by Crippen LogP contribution is 2.20. The smallest absolute Gasteiger partial charge is 0.159 e. The maximum atomic E-state index is 5.87. The van der Waals surface area contributed by atoms with E-state index in [9.17, 15) is 0 Å². The third-order valence-electron chi connectivity index (χ3n) is 2.91. The summed E-state index contributed by atoms with van der Waals surface area (Å²) in [4.78, 5) is 9.02. The van der Waals surface area contributed by atoms with Crippen LogP contribution in [-0.2, 0) is 13.0 Å². The number of hydrogen-bond donors (Lipinski definition) is 1. The van der Waals surface area contributed by atoms with Gasteiger partial charge < -0.3 is 5.32 Å². The summed E-state index contributed by atoms with van der Waals surface area (Å²) in [5.41, 5.74) is 3.37. The standard InChI is InChI=1S/C13H12ClN3.ClH/c14-11-3-1-9(2-4-11)13-16-8-10-7-15-6-5-12(10)17-13;/h1-4,8,15H,5-7H2;1H. The minimum atomic E-state index is 0. The number of benzene rings is 1. The SMILES string of the molecule is Cl.Clc1ccc(-c2ncc3c(n2)CCNC3)cc1. The van der Waals surface area contributed by atoms with Crippen molar-refractivity contribution in [3.05, 3.63) is 46.7 Å². The van der Waals surface area contributed by atoms with E-state index in [1.54, 1.807) is 0 Å². The van der Waals surface area contributed by atoms with Gasteiger partial charge in [0, 0.05) is 41.9 Å². The third kappa shape index (κ3) is 2.64. The van der Waals surface area contributed by atoms with Crippen molar-refractivity contribution in [3.63, 3.8) is 0 Å². The van der Waals surface area contributed by atoms with Crippen LogP contribution in [0.15, 0.2) is 30.5 Å². The van der Waals surface area contributed by atoms with Gasteiger partial charge in [-0.25, -0.2) is 9.97 Å². The number of nitrogens with one attached hydrogen (secondary N) is 1. The minimum absolute atomic E-state index is 0. The van der Waals surface area contributed by atoms with Crippen LogP contribution in [0.4, 0.5) is 0 Å². The predicted octanol–water partition coefficient (Wildman–Crippen LogP) is 2.86. The van der Waals surface area contributed by atoms with Crippen molar-refractivity contribution in [2.45, 2.75) is 13.0 Å². The van der Waals surface area contributed by atoms with Crippen molar-refractivity contribution >= 4 is 24.0 Å². The van der Waals surface area contributed by atoms with E-state index in [1.165, 1.54) is 5.56 Å². The largest absolute Gasteiger partial charge is 0.312 e. The molecular formula is C13H13Cl2N3. The summed E-state index contributed by atoms with van der Waals surface area (Å²) < 4.78 is 0. The van der Waals surface area contributed by atoms with Gasteiger partial charge in [-0.2, -0.15) is 0 Å². The van der Waals surface area contributed by atoms with Crippen LogP contribution >= 0.6 is 24.0 Å². The monoisotopic (exact) mass is 281 g/mol. The molecule has 2 heterocycles. The molecule has 1 aliphatic heterocycles. The summed E-state index contributed by atoms with van der Waals surface area (Å²) in [5, 5.41) is 4.04. The topological polar surface area (TPSA) is 37.8 Å². The molecule has 3 nitrogen and oxygen atoms in total. The molecule has 1 aliphatic rings. The first-order valence-electron chi connectivity index (χ1n) is 5.64. The van der Waals surface area contributed by atoms with E-state index in [1.807, 2.05) is 30.5 Å². The Labute approximate surface area is 117 Å². The van der Waals surface area contributed by atoms with Crippen molar-refractivity contribution in [3.8, 4) is 11.4 Å². The van der Waals surface area contributed by atoms with Gasteiger partial charge in [0.2, 0.25) is 0 Å². The highest BCUT2D eigenvalue weighted by atomic mass is 35.5. The van der Waals surface area contributed by atoms with Gasteiger partial charge in [0.1, 0.15) is 0 Å². The first kappa shape index (κ1) is 13.3. The molecule has 0 radical (unpaired) electrons. The second-order valence-electron chi connectivity index (χ2n) is 4.10. The Balaban J connectivity index is 0.00000120. The zero-order valence-electron chi connectivity index (χ0n) is 9.69. The Morgan fingerprint density at radius 3 is 2.72 bits per heavy atom. The highest BCUT2D eigenvalue weighted by Gasteiger charge is 2.12. The summed E-state index contributed by atoms with van der Waals surface area (Å²) in [6.45, 7) is 1.86. The van der Waals surface area contributed by atoms with Crippen LogP contribution in [0.25, 0.3) is 11.4 Å². The molecule has 0 amide bonds. The summed E-state index contributed by atoms with van der Waals surface area (Å²) in [5.74, 6) is 0.780. The van der Waals surface area contributed by atoms with E-state index in [-0.39, 0.29) is 12.4 Å². The molecular weight excluding hydrogens is 269 g/mol. The van der Waals surface area contributed by atoms with E-state index in [0.717, 1.165) is 41.6 Å². The Morgan fingerprint density at radius 2 is 1.94 bits per heavy atom. The number of hydrogen-bond acceptors (Lipinski definition) is 3. The van der Waals surface area contributed by atoms with Crippen molar-refractivity contribution in [2.24, 2.45) is 0 Å². The lowest BCUT2D eigenvalue weighted by molar-refractivity contribution is 0.626. The van der Waals surface area contributed by atoms with Crippen LogP contribution in [0.5, 0.6) is 0 Å². The Kier molecular flexibility index (Phi) is 4.17. The summed E-state index contributed by atoms with van der Waals surface area (Å²) in [7, 11) is 0. The number of nitrogens with zero attached hydrogens (tertiary/aromatic N) is 2. The van der Waals surface area contributed by atoms with E-state index in [2.05, 4.69) is 15.3 Å². The summed E-state index contributed by atoms with van der Waals surface area (Å²) >= 11 is 5.87. The molecule has 0 fully saturated rings. The predicted molar refractivity (Wildman–Crippen MR) is 75.1 cm³/mol. The summed E-state index contributed by atoms with van der Waals surface area (Å²) in [6.07, 6.45) is 2.89. The highest BCUT2D eigenvalue weighted by molar-refractivity contribution is 6.30. The van der Waals surface area contributed by atoms with Crippen LogP contribution in [0.3, 0.4) is 0 Å². The molecule has 2 aromatic rings. The average molecular weight is 282 g/mol. The first-order chi connectivity index (χ1) is 8.33. The van der Waals surface area contributed by atoms with E-state index in [4.69, 9.17) is 11.6 Å². The number of fused-ring (bicyclic) bond motifs is 1. The first-order valence-corrected chi connectivity index (χ1v) is 6.02. The van der Waals surface area contributed by atoms with Crippen molar-refractivity contribution in [2.75, 3.05) is 6.54 Å². The average Bonchev–Trinajstić information content (AvgIpc) is 2.39. The zero-order valence-corrected chi connectivity index (χ0v) is 11.3. The molecule has 94 valence electrons. The van der Waals surface area contributed by atoms with Gasteiger partial charge in [0.05, 0.1) is 5.69 Å². The van der Waals surface area contributed by atoms with Gasteiger partial charge in [-0.1, -0.05) is 11.6 Å². The maximum Gasteiger partial charge on any atom is 0.159 e. The third-order valence-corrected chi connectivity index (χ3v) is 3.16. The summed E-state index contributed by atoms with van der Waals surface area (Å²) in [6, 6.07) is 7.62. The van der Waals surface area contributed by atoms with Crippen LogP contribution in [0.1, 0.15) is 11.3 Å². The lowest BCUT2D eigenvalue weighted by Crippen LogP contribution is -2.24. The van der Waals surface area contributed by atoms with Gasteiger partial charge in [-0.05, 0) is 24.3 Å². The quantitative estimate of drug-likeness (QED) is 0.874. The zero-order chi connectivity index (χ0) is 11.7. The Morgan fingerprint density at radius 1 is 1.17 bits per heavy atom. The maximum absolute atomic E-state index is 5.87. The van der Waals surface area contributed by atoms with Crippen molar-refractivity contribution < 1.29 is 0 Å². The fourth-order valence-electron chi connectivity index (χ4n) is 1.97. The molecule has 0 unspecified atom stereocenters. The van der Waals surface area contributed by atoms with Gasteiger partial charge in [0.25, 0.3) is 0 Å². The number of halogens is 2. The van der Waals surface area contributed by atoms with Gasteiger partial charge in [-0.15, -0.1) is 12.4 Å². The lowest BCUT2D eigenvalue weighted by atomic mass is 10.1.